The van der Waals surface area contributed by atoms with Crippen molar-refractivity contribution >= 4 is 29.5 Å². The van der Waals surface area contributed by atoms with Crippen LogP contribution in [0.5, 0.6) is 0 Å². The zero-order valence-electron chi connectivity index (χ0n) is 30.3. The molecule has 6 aliphatic carbocycles. The molecule has 274 valence electrons. The number of hydrogen-bond acceptors (Lipinski definition) is 5. The van der Waals surface area contributed by atoms with Crippen molar-refractivity contribution in [3.8, 4) is 0 Å². The van der Waals surface area contributed by atoms with Crippen molar-refractivity contribution in [2.45, 2.75) is 108 Å². The van der Waals surface area contributed by atoms with E-state index in [1.54, 1.807) is 17.1 Å². The Labute approximate surface area is 302 Å². The fourth-order valence-electron chi connectivity index (χ4n) is 11.2. The van der Waals surface area contributed by atoms with Gasteiger partial charge < -0.3 is 26.2 Å². The lowest BCUT2D eigenvalue weighted by Crippen LogP contribution is -2.64. The summed E-state index contributed by atoms with van der Waals surface area (Å²) in [6, 6.07) is 5.19. The second kappa shape index (κ2) is 13.9. The van der Waals surface area contributed by atoms with Crippen molar-refractivity contribution < 1.29 is 24.0 Å². The second-order valence-electron chi connectivity index (χ2n) is 17.2. The summed E-state index contributed by atoms with van der Waals surface area (Å²) in [5.41, 5.74) is 1.98. The number of hydrogen-bond donors (Lipinski definition) is 4. The highest BCUT2D eigenvalue weighted by Crippen LogP contribution is 2.65. The molecule has 5 atom stereocenters. The van der Waals surface area contributed by atoms with Crippen molar-refractivity contribution in [1.82, 2.24) is 26.2 Å². The van der Waals surface area contributed by atoms with Crippen LogP contribution in [0.3, 0.4) is 0 Å². The summed E-state index contributed by atoms with van der Waals surface area (Å²) in [5.74, 6) is -0.322. The molecule has 4 bridgehead atoms. The van der Waals surface area contributed by atoms with Crippen LogP contribution in [0.4, 0.5) is 4.79 Å². The topological polar surface area (TPSA) is 137 Å². The van der Waals surface area contributed by atoms with E-state index < -0.39 is 35.7 Å². The van der Waals surface area contributed by atoms with Gasteiger partial charge in [-0.3, -0.25) is 19.2 Å². The Morgan fingerprint density at radius 1 is 0.902 bits per heavy atom. The number of carbonyl (C=O) groups excluding carboxylic acids is 5. The molecule has 0 radical (unpaired) electrons. The van der Waals surface area contributed by atoms with Crippen LogP contribution >= 0.6 is 0 Å². The van der Waals surface area contributed by atoms with Gasteiger partial charge in [0.25, 0.3) is 5.91 Å². The standard InChI is InChI=1S/C41H55N5O5/c1-5-7-13-31(35(47)37(49)42-14-8-6-2)43-36(48)34-32-30(40(32,3)4)23-46(34)38(50)33(29-18-27-11-9-10-12-28(27)19-29)44-39(51)45-41-20-24-15-25(21-41)17-26(16-24)22-41/h5-6,9-12,24-26,29-34H,1-2,7-8,13-23H2,3-4H3,(H,42,49)(H,43,48)(H2,44,45,51)/t24?,25?,26?,30?,31?,32?,33-,34-,41?/m0/s1. The van der Waals surface area contributed by atoms with E-state index in [1.165, 1.54) is 30.4 Å². The van der Waals surface area contributed by atoms with Crippen molar-refractivity contribution in [2.75, 3.05) is 13.1 Å². The van der Waals surface area contributed by atoms with E-state index in [4.69, 9.17) is 0 Å². The third-order valence-corrected chi connectivity index (χ3v) is 13.4. The molecule has 1 aromatic rings. The van der Waals surface area contributed by atoms with Gasteiger partial charge in [0.2, 0.25) is 17.6 Å². The van der Waals surface area contributed by atoms with Crippen LogP contribution in [-0.4, -0.2) is 71.2 Å². The molecule has 10 nitrogen and oxygen atoms in total. The summed E-state index contributed by atoms with van der Waals surface area (Å²) in [4.78, 5) is 70.8. The van der Waals surface area contributed by atoms with Crippen LogP contribution in [0.15, 0.2) is 49.6 Å². The summed E-state index contributed by atoms with van der Waals surface area (Å²) in [6.07, 6.45) is 12.6. The predicted molar refractivity (Wildman–Crippen MR) is 194 cm³/mol. The van der Waals surface area contributed by atoms with Gasteiger partial charge in [0.05, 0.1) is 6.04 Å². The fraction of sp³-hybridized carbons (Fsp3) is 0.634. The number of amides is 5. The Morgan fingerprint density at radius 3 is 2.10 bits per heavy atom. The van der Waals surface area contributed by atoms with Gasteiger partial charge in [0.1, 0.15) is 12.1 Å². The van der Waals surface area contributed by atoms with E-state index in [-0.39, 0.29) is 53.6 Å². The number of Topliss-reactive ketones (excluding diaryl/α,β-unsaturated/α-hetero) is 1. The zero-order valence-corrected chi connectivity index (χ0v) is 30.3. The first kappa shape index (κ1) is 35.5. The number of likely N-dealkylation sites (tertiary alicyclic amines) is 1. The molecule has 0 aromatic heterocycles. The maximum Gasteiger partial charge on any atom is 0.315 e. The largest absolute Gasteiger partial charge is 0.349 e. The maximum atomic E-state index is 14.9. The third-order valence-electron chi connectivity index (χ3n) is 13.4. The highest BCUT2D eigenvalue weighted by molar-refractivity contribution is 6.38. The lowest BCUT2D eigenvalue weighted by Gasteiger charge is -2.56. The number of fused-ring (bicyclic) bond motifs is 2. The molecule has 5 amide bonds. The van der Waals surface area contributed by atoms with Gasteiger partial charge in [0.15, 0.2) is 0 Å². The molecule has 7 aliphatic rings. The predicted octanol–water partition coefficient (Wildman–Crippen LogP) is 4.23. The fourth-order valence-corrected chi connectivity index (χ4v) is 11.2. The van der Waals surface area contributed by atoms with Crippen molar-refractivity contribution in [1.29, 1.82) is 0 Å². The maximum absolute atomic E-state index is 14.9. The molecule has 3 unspecified atom stereocenters. The molecule has 0 spiro atoms. The number of allylic oxidation sites excluding steroid dienone is 1. The molecule has 1 aliphatic heterocycles. The van der Waals surface area contributed by atoms with Gasteiger partial charge in [0, 0.05) is 18.6 Å². The van der Waals surface area contributed by atoms with E-state index in [2.05, 4.69) is 60.4 Å². The number of rotatable bonds is 14. The van der Waals surface area contributed by atoms with E-state index in [9.17, 15) is 24.0 Å². The normalized spacial score (nSPS) is 31.8. The summed E-state index contributed by atoms with van der Waals surface area (Å²) >= 11 is 0. The Hall–Kier alpha value is -3.95. The number of nitrogens with one attached hydrogen (secondary N) is 4. The lowest BCUT2D eigenvalue weighted by molar-refractivity contribution is -0.144. The van der Waals surface area contributed by atoms with Gasteiger partial charge in [-0.1, -0.05) is 50.3 Å². The minimum Gasteiger partial charge on any atom is -0.349 e. The Morgan fingerprint density at radius 2 is 1.51 bits per heavy atom. The van der Waals surface area contributed by atoms with Crippen molar-refractivity contribution in [3.05, 3.63) is 60.7 Å². The van der Waals surface area contributed by atoms with E-state index >= 15 is 0 Å². The number of urea groups is 1. The highest BCUT2D eigenvalue weighted by atomic mass is 16.2. The number of nitrogens with zero attached hydrogens (tertiary/aromatic N) is 1. The average Bonchev–Trinajstić information content (AvgIpc) is 3.44. The molecule has 10 heteroatoms. The highest BCUT2D eigenvalue weighted by Gasteiger charge is 2.70. The number of benzene rings is 1. The van der Waals surface area contributed by atoms with Crippen LogP contribution in [0.2, 0.25) is 0 Å². The minimum absolute atomic E-state index is 0.0969. The summed E-state index contributed by atoms with van der Waals surface area (Å²) < 4.78 is 0. The van der Waals surface area contributed by atoms with Crippen LogP contribution in [0.25, 0.3) is 0 Å². The van der Waals surface area contributed by atoms with Crippen LogP contribution in [-0.2, 0) is 32.0 Å². The SMILES string of the molecule is C=CCCNC(=O)C(=O)C(CCC=C)NC(=O)[C@@H]1C2C(CN1C(=O)[C@@H](NC(=O)NC13CC4CC(CC(C4)C1)C3)C1Cc3ccccc3C1)C2(C)C. The van der Waals surface area contributed by atoms with E-state index in [0.717, 1.165) is 19.3 Å². The first-order chi connectivity index (χ1) is 24.4. The molecular formula is C41H55N5O5. The summed E-state index contributed by atoms with van der Waals surface area (Å²) in [5, 5.41) is 12.1. The van der Waals surface area contributed by atoms with Crippen molar-refractivity contribution in [3.63, 3.8) is 0 Å². The first-order valence-electron chi connectivity index (χ1n) is 19.2. The zero-order chi connectivity index (χ0) is 36.1. The van der Waals surface area contributed by atoms with Crippen LogP contribution < -0.4 is 21.3 Å². The van der Waals surface area contributed by atoms with E-state index in [1.807, 2.05) is 12.1 Å². The molecule has 5 saturated carbocycles. The van der Waals surface area contributed by atoms with Gasteiger partial charge in [-0.25, -0.2) is 4.79 Å². The van der Waals surface area contributed by atoms with Crippen LogP contribution in [0.1, 0.15) is 82.8 Å². The summed E-state index contributed by atoms with van der Waals surface area (Å²) in [7, 11) is 0. The van der Waals surface area contributed by atoms with Gasteiger partial charge in [-0.05, 0) is 123 Å². The number of ketones is 1. The smallest absolute Gasteiger partial charge is 0.315 e. The number of carbonyl (C=O) groups is 5. The third kappa shape index (κ3) is 6.87. The average molecular weight is 698 g/mol. The molecule has 6 fully saturated rings. The second-order valence-corrected chi connectivity index (χ2v) is 17.2. The summed E-state index contributed by atoms with van der Waals surface area (Å²) in [6.45, 7) is 12.3. The molecule has 4 N–H and O–H groups in total. The monoisotopic (exact) mass is 697 g/mol. The van der Waals surface area contributed by atoms with Crippen LogP contribution in [0, 0.1) is 40.9 Å². The minimum atomic E-state index is -1.05. The quantitative estimate of drug-likeness (QED) is 0.131. The first-order valence-corrected chi connectivity index (χ1v) is 19.2. The molecule has 1 saturated heterocycles. The molecule has 1 aromatic carbocycles. The van der Waals surface area contributed by atoms with Gasteiger partial charge in [-0.15, -0.1) is 13.2 Å². The molecule has 51 heavy (non-hydrogen) atoms. The van der Waals surface area contributed by atoms with Gasteiger partial charge >= 0.3 is 6.03 Å². The number of piperidine rings is 1. The molecule has 1 heterocycles. The van der Waals surface area contributed by atoms with Crippen molar-refractivity contribution in [2.24, 2.45) is 40.9 Å². The molecular weight excluding hydrogens is 642 g/mol. The Balaban J connectivity index is 1.11. The van der Waals surface area contributed by atoms with E-state index in [0.29, 0.717) is 50.0 Å². The van der Waals surface area contributed by atoms with Gasteiger partial charge in [-0.2, -0.15) is 0 Å². The Kier molecular flexibility index (Phi) is 9.65. The Bertz CT molecular complexity index is 1540. The lowest BCUT2D eigenvalue weighted by atomic mass is 9.53. The molecule has 8 rings (SSSR count).